The van der Waals surface area contributed by atoms with Gasteiger partial charge in [0.1, 0.15) is 0 Å². The Labute approximate surface area is 109 Å². The molecular formula is C12H14ClF2NO2. The van der Waals surface area contributed by atoms with Crippen LogP contribution in [-0.4, -0.2) is 48.5 Å². The van der Waals surface area contributed by atoms with Gasteiger partial charge in [0.05, 0.1) is 19.7 Å². The molecule has 6 heteroatoms. The summed E-state index contributed by atoms with van der Waals surface area (Å²) in [5.74, 6) is -0.299. The van der Waals surface area contributed by atoms with Gasteiger partial charge in [0.2, 0.25) is 0 Å². The maximum Gasteiger partial charge on any atom is 0.251 e. The van der Waals surface area contributed by atoms with E-state index in [4.69, 9.17) is 16.7 Å². The van der Waals surface area contributed by atoms with Crippen LogP contribution in [0.25, 0.3) is 0 Å². The van der Waals surface area contributed by atoms with Crippen molar-refractivity contribution in [1.29, 1.82) is 0 Å². The van der Waals surface area contributed by atoms with Crippen LogP contribution in [0.4, 0.5) is 8.78 Å². The molecule has 0 atom stereocenters. The van der Waals surface area contributed by atoms with E-state index in [0.29, 0.717) is 10.6 Å². The van der Waals surface area contributed by atoms with Crippen molar-refractivity contribution < 1.29 is 18.7 Å². The summed E-state index contributed by atoms with van der Waals surface area (Å²) in [6, 6.07) is 6.32. The number of aliphatic hydroxyl groups is 1. The van der Waals surface area contributed by atoms with Gasteiger partial charge in [-0.15, -0.1) is 0 Å². The summed E-state index contributed by atoms with van der Waals surface area (Å²) in [4.78, 5) is 13.1. The Hall–Kier alpha value is -1.04. The van der Waals surface area contributed by atoms with E-state index in [2.05, 4.69) is 0 Å². The Kier molecular flexibility index (Phi) is 6.18. The highest BCUT2D eigenvalue weighted by Gasteiger charge is 2.16. The average Bonchev–Trinajstić information content (AvgIpc) is 2.28. The highest BCUT2D eigenvalue weighted by atomic mass is 35.5. The van der Waals surface area contributed by atoms with Crippen LogP contribution < -0.4 is 0 Å². The number of Topliss-reactive ketones (excluding diaryl/α,β-unsaturated/α-hetero) is 1. The lowest BCUT2D eigenvalue weighted by atomic mass is 10.1. The molecular weight excluding hydrogens is 264 g/mol. The normalized spacial score (nSPS) is 11.2. The van der Waals surface area contributed by atoms with Crippen molar-refractivity contribution in [2.24, 2.45) is 0 Å². The SMILES string of the molecule is O=C(CN(CCO)CC(F)F)c1cccc(Cl)c1. The highest BCUT2D eigenvalue weighted by molar-refractivity contribution is 6.31. The maximum atomic E-state index is 12.3. The minimum absolute atomic E-state index is 0.0383. The first-order chi connectivity index (χ1) is 8.52. The molecule has 0 aliphatic rings. The van der Waals surface area contributed by atoms with Gasteiger partial charge in [-0.3, -0.25) is 9.69 Å². The molecule has 1 rings (SSSR count). The third-order valence-corrected chi connectivity index (χ3v) is 2.56. The lowest BCUT2D eigenvalue weighted by molar-refractivity contribution is 0.0689. The van der Waals surface area contributed by atoms with Gasteiger partial charge in [-0.05, 0) is 12.1 Å². The van der Waals surface area contributed by atoms with Gasteiger partial charge in [0.15, 0.2) is 5.78 Å². The first-order valence-electron chi connectivity index (χ1n) is 5.43. The molecule has 18 heavy (non-hydrogen) atoms. The molecule has 1 aromatic rings. The Morgan fingerprint density at radius 2 is 2.17 bits per heavy atom. The monoisotopic (exact) mass is 277 g/mol. The van der Waals surface area contributed by atoms with Gasteiger partial charge in [-0.25, -0.2) is 8.78 Å². The highest BCUT2D eigenvalue weighted by Crippen LogP contribution is 2.12. The zero-order valence-electron chi connectivity index (χ0n) is 9.65. The molecule has 1 aromatic carbocycles. The van der Waals surface area contributed by atoms with Crippen molar-refractivity contribution in [2.75, 3.05) is 26.2 Å². The predicted octanol–water partition coefficient (Wildman–Crippen LogP) is 2.08. The zero-order chi connectivity index (χ0) is 13.5. The van der Waals surface area contributed by atoms with E-state index in [9.17, 15) is 13.6 Å². The van der Waals surface area contributed by atoms with Crippen LogP contribution >= 0.6 is 11.6 Å². The number of carbonyl (C=O) groups excluding carboxylic acids is 1. The third-order valence-electron chi connectivity index (χ3n) is 2.33. The van der Waals surface area contributed by atoms with E-state index in [1.165, 1.54) is 11.0 Å². The fraction of sp³-hybridized carbons (Fsp3) is 0.417. The fourth-order valence-corrected chi connectivity index (χ4v) is 1.72. The number of hydrogen-bond acceptors (Lipinski definition) is 3. The van der Waals surface area contributed by atoms with E-state index in [0.717, 1.165) is 0 Å². The molecule has 0 bridgehead atoms. The van der Waals surface area contributed by atoms with Gasteiger partial charge in [-0.2, -0.15) is 0 Å². The number of ketones is 1. The quantitative estimate of drug-likeness (QED) is 0.776. The molecule has 100 valence electrons. The van der Waals surface area contributed by atoms with E-state index < -0.39 is 13.0 Å². The van der Waals surface area contributed by atoms with Crippen molar-refractivity contribution in [3.8, 4) is 0 Å². The van der Waals surface area contributed by atoms with Gasteiger partial charge < -0.3 is 5.11 Å². The number of benzene rings is 1. The van der Waals surface area contributed by atoms with Crippen molar-refractivity contribution in [1.82, 2.24) is 4.90 Å². The molecule has 0 aliphatic carbocycles. The lowest BCUT2D eigenvalue weighted by Gasteiger charge is -2.19. The van der Waals surface area contributed by atoms with E-state index in [-0.39, 0.29) is 25.5 Å². The molecule has 0 saturated heterocycles. The summed E-state index contributed by atoms with van der Waals surface area (Å²) in [5.41, 5.74) is 0.375. The molecule has 1 N–H and O–H groups in total. The van der Waals surface area contributed by atoms with Crippen molar-refractivity contribution >= 4 is 17.4 Å². The second-order valence-electron chi connectivity index (χ2n) is 3.78. The van der Waals surface area contributed by atoms with Crippen LogP contribution in [0, 0.1) is 0 Å². The second-order valence-corrected chi connectivity index (χ2v) is 4.22. The molecule has 0 saturated carbocycles. The number of hydrogen-bond donors (Lipinski definition) is 1. The first kappa shape index (κ1) is 15.0. The number of aliphatic hydroxyl groups excluding tert-OH is 1. The summed E-state index contributed by atoms with van der Waals surface area (Å²) in [5, 5.41) is 9.18. The zero-order valence-corrected chi connectivity index (χ0v) is 10.4. The minimum atomic E-state index is -2.54. The standard InChI is InChI=1S/C12H14ClF2NO2/c13-10-3-1-2-9(6-10)11(18)7-16(4-5-17)8-12(14)15/h1-3,6,12,17H,4-5,7-8H2. The first-order valence-corrected chi connectivity index (χ1v) is 5.81. The van der Waals surface area contributed by atoms with Gasteiger partial charge >= 0.3 is 0 Å². The molecule has 0 amide bonds. The van der Waals surface area contributed by atoms with Crippen LogP contribution in [0.2, 0.25) is 5.02 Å². The molecule has 0 spiro atoms. The predicted molar refractivity (Wildman–Crippen MR) is 65.3 cm³/mol. The summed E-state index contributed by atoms with van der Waals surface area (Å²) >= 11 is 5.75. The van der Waals surface area contributed by atoms with Gasteiger partial charge in [-0.1, -0.05) is 23.7 Å². The average molecular weight is 278 g/mol. The Bertz CT molecular complexity index is 401. The Morgan fingerprint density at radius 3 is 2.72 bits per heavy atom. The number of alkyl halides is 2. The van der Waals surface area contributed by atoms with Crippen LogP contribution in [0.1, 0.15) is 10.4 Å². The lowest BCUT2D eigenvalue weighted by Crippen LogP contribution is -2.36. The number of carbonyl (C=O) groups is 1. The van der Waals surface area contributed by atoms with Crippen molar-refractivity contribution in [2.45, 2.75) is 6.43 Å². The topological polar surface area (TPSA) is 40.5 Å². The summed E-state index contributed by atoms with van der Waals surface area (Å²) in [6.45, 7) is -0.926. The fourth-order valence-electron chi connectivity index (χ4n) is 1.53. The summed E-state index contributed by atoms with van der Waals surface area (Å²) in [6.07, 6.45) is -2.54. The molecule has 0 aromatic heterocycles. The minimum Gasteiger partial charge on any atom is -0.395 e. The molecule has 0 fully saturated rings. The van der Waals surface area contributed by atoms with Crippen LogP contribution in [0.3, 0.4) is 0 Å². The number of halogens is 3. The van der Waals surface area contributed by atoms with Crippen LogP contribution in [-0.2, 0) is 0 Å². The molecule has 0 radical (unpaired) electrons. The molecule has 0 aliphatic heterocycles. The van der Waals surface area contributed by atoms with E-state index in [1.54, 1.807) is 18.2 Å². The van der Waals surface area contributed by atoms with Crippen LogP contribution in [0.15, 0.2) is 24.3 Å². The van der Waals surface area contributed by atoms with Crippen LogP contribution in [0.5, 0.6) is 0 Å². The number of rotatable bonds is 7. The maximum absolute atomic E-state index is 12.3. The summed E-state index contributed by atoms with van der Waals surface area (Å²) < 4.78 is 24.5. The molecule has 3 nitrogen and oxygen atoms in total. The Morgan fingerprint density at radius 1 is 1.44 bits per heavy atom. The third kappa shape index (κ3) is 5.08. The van der Waals surface area contributed by atoms with E-state index in [1.807, 2.05) is 0 Å². The van der Waals surface area contributed by atoms with E-state index >= 15 is 0 Å². The van der Waals surface area contributed by atoms with Gasteiger partial charge in [0, 0.05) is 17.1 Å². The molecule has 0 unspecified atom stereocenters. The van der Waals surface area contributed by atoms with Crippen molar-refractivity contribution in [3.05, 3.63) is 34.9 Å². The number of nitrogens with zero attached hydrogens (tertiary/aromatic N) is 1. The Balaban J connectivity index is 2.65. The van der Waals surface area contributed by atoms with Crippen molar-refractivity contribution in [3.63, 3.8) is 0 Å². The largest absolute Gasteiger partial charge is 0.395 e. The smallest absolute Gasteiger partial charge is 0.251 e. The summed E-state index contributed by atoms with van der Waals surface area (Å²) in [7, 11) is 0. The molecule has 0 heterocycles. The second kappa shape index (κ2) is 7.41. The van der Waals surface area contributed by atoms with Gasteiger partial charge in [0.25, 0.3) is 6.43 Å².